The summed E-state index contributed by atoms with van der Waals surface area (Å²) < 4.78 is 71.5. The summed E-state index contributed by atoms with van der Waals surface area (Å²) >= 11 is 0. The molecule has 8 nitrogen and oxygen atoms in total. The Morgan fingerprint density at radius 1 is 1.04 bits per heavy atom. The molecule has 2 aromatic heterocycles. The summed E-state index contributed by atoms with van der Waals surface area (Å²) in [6, 6.07) is 16.7. The molecule has 4 heterocycles. The smallest absolute Gasteiger partial charge is 0.393 e. The van der Waals surface area contributed by atoms with E-state index in [2.05, 4.69) is 15.0 Å². The van der Waals surface area contributed by atoms with Gasteiger partial charge in [0.25, 0.3) is 0 Å². The lowest BCUT2D eigenvalue weighted by Crippen LogP contribution is -2.25. The molecule has 49 heavy (non-hydrogen) atoms. The molecule has 0 radical (unpaired) electrons. The maximum Gasteiger partial charge on any atom is 0.393 e. The van der Waals surface area contributed by atoms with Crippen LogP contribution >= 0.6 is 0 Å². The Hall–Kier alpha value is -4.55. The number of halogens is 4. The van der Waals surface area contributed by atoms with Gasteiger partial charge in [0.1, 0.15) is 6.10 Å². The number of rotatable bonds is 10. The van der Waals surface area contributed by atoms with E-state index < -0.39 is 24.8 Å². The van der Waals surface area contributed by atoms with Crippen molar-refractivity contribution in [3.05, 3.63) is 102 Å². The maximum absolute atomic E-state index is 15.4. The third-order valence-electron chi connectivity index (χ3n) is 8.79. The number of pyridine rings is 1. The van der Waals surface area contributed by atoms with E-state index >= 15 is 4.39 Å². The summed E-state index contributed by atoms with van der Waals surface area (Å²) in [5.74, 6) is -0.445. The Morgan fingerprint density at radius 2 is 1.84 bits per heavy atom. The molecule has 2 aromatic carbocycles. The number of nitrogens with zero attached hydrogens (tertiary/aromatic N) is 5. The van der Waals surface area contributed by atoms with Crippen LogP contribution in [0, 0.1) is 5.95 Å². The molecule has 2 aliphatic heterocycles. The van der Waals surface area contributed by atoms with Crippen molar-refractivity contribution in [3.8, 4) is 5.88 Å². The fraction of sp³-hybridized carbons (Fsp3) is 0.378. The third-order valence-corrected chi connectivity index (χ3v) is 8.79. The summed E-state index contributed by atoms with van der Waals surface area (Å²) in [6.45, 7) is 2.60. The minimum atomic E-state index is -4.52. The first-order chi connectivity index (χ1) is 23.6. The Bertz CT molecular complexity index is 1810. The third kappa shape index (κ3) is 8.37. The lowest BCUT2D eigenvalue weighted by atomic mass is 9.88. The number of fused-ring (bicyclic) bond motifs is 1. The molecular weight excluding hydrogens is 638 g/mol. The molecule has 0 spiro atoms. The molecule has 6 rings (SSSR count). The van der Waals surface area contributed by atoms with Gasteiger partial charge in [-0.15, -0.1) is 5.10 Å². The van der Waals surface area contributed by atoms with E-state index in [4.69, 9.17) is 9.47 Å². The van der Waals surface area contributed by atoms with Crippen LogP contribution in [0.25, 0.3) is 22.0 Å². The van der Waals surface area contributed by atoms with E-state index in [-0.39, 0.29) is 28.5 Å². The molecule has 2 fully saturated rings. The van der Waals surface area contributed by atoms with Gasteiger partial charge >= 0.3 is 6.18 Å². The molecule has 0 bridgehead atoms. The average molecular weight is 678 g/mol. The van der Waals surface area contributed by atoms with Gasteiger partial charge in [0, 0.05) is 64.2 Å². The molecule has 1 unspecified atom stereocenters. The molecule has 258 valence electrons. The SMILES string of the molecule is CN(C)C(=O)/C=C/CN1CC[C@H](Oc2ccc(/C(=C(/CC(F)(F)F)c3ccccc3)c3ccc4c(c3)c(F)nn4C3CCCCO3)cn2)C1. The van der Waals surface area contributed by atoms with E-state index in [1.54, 1.807) is 80.8 Å². The fourth-order valence-corrected chi connectivity index (χ4v) is 6.36. The first-order valence-corrected chi connectivity index (χ1v) is 16.4. The second-order valence-corrected chi connectivity index (χ2v) is 12.6. The minimum Gasteiger partial charge on any atom is -0.473 e. The van der Waals surface area contributed by atoms with E-state index in [0.29, 0.717) is 54.2 Å². The number of hydrogen-bond donors (Lipinski definition) is 0. The molecule has 4 aromatic rings. The summed E-state index contributed by atoms with van der Waals surface area (Å²) in [7, 11) is 3.40. The van der Waals surface area contributed by atoms with Crippen LogP contribution in [0.3, 0.4) is 0 Å². The summed E-state index contributed by atoms with van der Waals surface area (Å²) in [5.41, 5.74) is 2.07. The highest BCUT2D eigenvalue weighted by atomic mass is 19.4. The number of benzene rings is 2. The molecule has 0 N–H and O–H groups in total. The number of ether oxygens (including phenoxy) is 2. The normalized spacial score (nSPS) is 19.4. The predicted molar refractivity (Wildman–Crippen MR) is 179 cm³/mol. The first kappa shape index (κ1) is 34.3. The summed E-state index contributed by atoms with van der Waals surface area (Å²) in [5, 5.41) is 4.32. The highest BCUT2D eigenvalue weighted by molar-refractivity contribution is 6.00. The molecule has 2 aliphatic rings. The Balaban J connectivity index is 1.32. The zero-order chi connectivity index (χ0) is 34.5. The number of carbonyl (C=O) groups is 1. The topological polar surface area (TPSA) is 72.7 Å². The fourth-order valence-electron chi connectivity index (χ4n) is 6.36. The number of allylic oxidation sites excluding steroid dienone is 1. The Labute approximate surface area is 282 Å². The van der Waals surface area contributed by atoms with Crippen molar-refractivity contribution >= 4 is 28.0 Å². The van der Waals surface area contributed by atoms with Crippen LogP contribution in [-0.2, 0) is 9.53 Å². The zero-order valence-corrected chi connectivity index (χ0v) is 27.5. The van der Waals surface area contributed by atoms with Crippen LogP contribution in [0.15, 0.2) is 79.0 Å². The van der Waals surface area contributed by atoms with Crippen LogP contribution < -0.4 is 4.74 Å². The van der Waals surface area contributed by atoms with Crippen molar-refractivity contribution in [2.24, 2.45) is 0 Å². The second-order valence-electron chi connectivity index (χ2n) is 12.6. The largest absolute Gasteiger partial charge is 0.473 e. The average Bonchev–Trinajstić information content (AvgIpc) is 3.68. The predicted octanol–water partition coefficient (Wildman–Crippen LogP) is 7.28. The van der Waals surface area contributed by atoms with Gasteiger partial charge in [-0.05, 0) is 66.2 Å². The number of hydrogen-bond acceptors (Lipinski definition) is 6. The van der Waals surface area contributed by atoms with E-state index in [0.717, 1.165) is 25.8 Å². The Kier molecular flexibility index (Phi) is 10.4. The number of likely N-dealkylation sites (N-methyl/N-ethyl adjacent to an activating group) is 1. The highest BCUT2D eigenvalue weighted by Gasteiger charge is 2.32. The van der Waals surface area contributed by atoms with Crippen LogP contribution in [0.4, 0.5) is 17.6 Å². The van der Waals surface area contributed by atoms with Crippen molar-refractivity contribution in [2.75, 3.05) is 40.3 Å². The van der Waals surface area contributed by atoms with Gasteiger partial charge in [0.05, 0.1) is 17.3 Å². The monoisotopic (exact) mass is 677 g/mol. The van der Waals surface area contributed by atoms with E-state index in [1.807, 2.05) is 6.08 Å². The molecule has 2 saturated heterocycles. The van der Waals surface area contributed by atoms with Crippen molar-refractivity contribution in [1.29, 1.82) is 0 Å². The van der Waals surface area contributed by atoms with E-state index in [9.17, 15) is 18.0 Å². The van der Waals surface area contributed by atoms with Crippen LogP contribution in [0.2, 0.25) is 0 Å². The van der Waals surface area contributed by atoms with Gasteiger partial charge in [0.2, 0.25) is 17.7 Å². The number of likely N-dealkylation sites (tertiary alicyclic amines) is 1. The lowest BCUT2D eigenvalue weighted by molar-refractivity contribution is -0.124. The van der Waals surface area contributed by atoms with Crippen LogP contribution in [-0.4, -0.2) is 83.1 Å². The van der Waals surface area contributed by atoms with Gasteiger partial charge in [-0.3, -0.25) is 9.69 Å². The van der Waals surface area contributed by atoms with Crippen molar-refractivity contribution in [1.82, 2.24) is 24.6 Å². The van der Waals surface area contributed by atoms with Crippen molar-refractivity contribution in [3.63, 3.8) is 0 Å². The Morgan fingerprint density at radius 3 is 2.53 bits per heavy atom. The molecule has 12 heteroatoms. The number of aromatic nitrogens is 3. The minimum absolute atomic E-state index is 0.0403. The van der Waals surface area contributed by atoms with Gasteiger partial charge in [-0.1, -0.05) is 42.5 Å². The summed E-state index contributed by atoms with van der Waals surface area (Å²) in [6.07, 6.45) is 1.94. The van der Waals surface area contributed by atoms with Crippen molar-refractivity contribution < 1.29 is 31.8 Å². The summed E-state index contributed by atoms with van der Waals surface area (Å²) in [4.78, 5) is 20.0. The standard InChI is InChI=1S/C37H39F4N5O3/c1-44(2)33(47)11-8-18-45-19-17-28(24-45)49-32-16-14-27(23-42-32)35(30(22-37(39,40)41)25-9-4-3-5-10-25)26-13-15-31-29(21-26)36(38)43-46(31)34-12-6-7-20-48-34/h3-5,8-11,13-16,21,23,28,34H,6-7,12,17-20,22,24H2,1-2H3/b11-8+,35-30-/t28-,34?/m0/s1. The molecule has 0 saturated carbocycles. The molecule has 1 amide bonds. The zero-order valence-electron chi connectivity index (χ0n) is 27.5. The second kappa shape index (κ2) is 14.9. The van der Waals surface area contributed by atoms with E-state index in [1.165, 1.54) is 15.8 Å². The lowest BCUT2D eigenvalue weighted by Gasteiger charge is -2.23. The van der Waals surface area contributed by atoms with Crippen LogP contribution in [0.5, 0.6) is 5.88 Å². The van der Waals surface area contributed by atoms with Gasteiger partial charge in [0.15, 0.2) is 6.23 Å². The van der Waals surface area contributed by atoms with Crippen molar-refractivity contribution in [2.45, 2.75) is 50.6 Å². The quantitative estimate of drug-likeness (QED) is 0.0999. The van der Waals surface area contributed by atoms with Gasteiger partial charge in [-0.25, -0.2) is 9.67 Å². The number of alkyl halides is 3. The maximum atomic E-state index is 15.4. The highest BCUT2D eigenvalue weighted by Crippen LogP contribution is 2.40. The molecule has 2 atom stereocenters. The van der Waals surface area contributed by atoms with Gasteiger partial charge in [-0.2, -0.15) is 17.6 Å². The van der Waals surface area contributed by atoms with Crippen LogP contribution in [0.1, 0.15) is 55.0 Å². The number of carbonyl (C=O) groups excluding carboxylic acids is 1. The first-order valence-electron chi connectivity index (χ1n) is 16.4. The molecule has 0 aliphatic carbocycles. The molecular formula is C37H39F4N5O3. The number of amides is 1. The van der Waals surface area contributed by atoms with Gasteiger partial charge < -0.3 is 14.4 Å².